The number of fused-ring (bicyclic) bond motifs is 1. The van der Waals surface area contributed by atoms with Gasteiger partial charge in [0.15, 0.2) is 5.82 Å². The van der Waals surface area contributed by atoms with Crippen LogP contribution in [0.1, 0.15) is 57.3 Å². The number of nitrogens with zero attached hydrogens (tertiary/aromatic N) is 7. The molecule has 6 rings (SSSR count). The van der Waals surface area contributed by atoms with Crippen LogP contribution in [0.15, 0.2) is 36.5 Å². The van der Waals surface area contributed by atoms with Crippen LogP contribution < -0.4 is 10.6 Å². The number of aliphatic hydroxyl groups is 1. The molecule has 0 atom stereocenters. The third-order valence-corrected chi connectivity index (χ3v) is 6.99. The van der Waals surface area contributed by atoms with E-state index in [9.17, 15) is 9.90 Å². The van der Waals surface area contributed by atoms with Crippen LogP contribution in [0.3, 0.4) is 0 Å². The van der Waals surface area contributed by atoms with Gasteiger partial charge in [0.1, 0.15) is 11.6 Å². The van der Waals surface area contributed by atoms with E-state index in [1.807, 2.05) is 6.07 Å². The van der Waals surface area contributed by atoms with E-state index >= 15 is 4.39 Å². The van der Waals surface area contributed by atoms with Crippen molar-refractivity contribution in [3.8, 4) is 11.4 Å². The van der Waals surface area contributed by atoms with Crippen molar-refractivity contribution in [1.29, 1.82) is 0 Å². The molecule has 1 aliphatic carbocycles. The summed E-state index contributed by atoms with van der Waals surface area (Å²) in [5.41, 5.74) is 10.0. The lowest BCUT2D eigenvalue weighted by Gasteiger charge is -2.31. The first-order valence-corrected chi connectivity index (χ1v) is 12.1. The summed E-state index contributed by atoms with van der Waals surface area (Å²) in [5, 5.41) is 18.2. The number of aliphatic hydroxyl groups excluding tert-OH is 1. The Morgan fingerprint density at radius 1 is 1.19 bits per heavy atom. The molecular weight excluding hydrogens is 475 g/mol. The van der Waals surface area contributed by atoms with E-state index in [4.69, 9.17) is 5.73 Å². The van der Waals surface area contributed by atoms with E-state index in [0.29, 0.717) is 47.9 Å². The minimum atomic E-state index is -0.490. The second-order valence-electron chi connectivity index (χ2n) is 9.44. The van der Waals surface area contributed by atoms with Crippen LogP contribution in [0.4, 0.5) is 16.0 Å². The molecule has 0 radical (unpaired) electrons. The van der Waals surface area contributed by atoms with E-state index in [-0.39, 0.29) is 23.9 Å². The average Bonchev–Trinajstić information content (AvgIpc) is 3.66. The van der Waals surface area contributed by atoms with E-state index in [0.717, 1.165) is 29.7 Å². The number of carbonyl (C=O) groups excluding carboxylic acids is 1. The van der Waals surface area contributed by atoms with Crippen molar-refractivity contribution in [2.45, 2.75) is 38.2 Å². The third-order valence-electron chi connectivity index (χ3n) is 6.99. The summed E-state index contributed by atoms with van der Waals surface area (Å²) in [7, 11) is 1.77. The fourth-order valence-electron chi connectivity index (χ4n) is 4.95. The van der Waals surface area contributed by atoms with Crippen molar-refractivity contribution >= 4 is 17.5 Å². The number of nitrogen functional groups attached to an aromatic ring is 1. The van der Waals surface area contributed by atoms with Gasteiger partial charge < -0.3 is 15.7 Å². The van der Waals surface area contributed by atoms with E-state index in [1.54, 1.807) is 36.1 Å². The SMILES string of the molecule is Cn1nncc1Cc1nc(N)nc(-c2cccc(N3CCc4cc(C5CC5)cc(F)c4C3=O)c2CO)n1. The van der Waals surface area contributed by atoms with Gasteiger partial charge in [-0.3, -0.25) is 9.48 Å². The molecule has 3 N–H and O–H groups in total. The molecule has 1 fully saturated rings. The number of amides is 1. The molecule has 1 saturated carbocycles. The molecule has 37 heavy (non-hydrogen) atoms. The molecule has 0 unspecified atom stereocenters. The summed E-state index contributed by atoms with van der Waals surface area (Å²) in [4.78, 5) is 28.1. The van der Waals surface area contributed by atoms with E-state index in [2.05, 4.69) is 25.3 Å². The lowest BCUT2D eigenvalue weighted by atomic mass is 9.93. The van der Waals surface area contributed by atoms with Crippen LogP contribution in [0.5, 0.6) is 0 Å². The third kappa shape index (κ3) is 4.20. The van der Waals surface area contributed by atoms with Gasteiger partial charge in [0.05, 0.1) is 36.2 Å². The number of carbonyl (C=O) groups is 1. The smallest absolute Gasteiger partial charge is 0.261 e. The molecule has 1 amide bonds. The maximum atomic E-state index is 15.1. The molecular formula is C26H25FN8O2. The zero-order valence-electron chi connectivity index (χ0n) is 20.2. The normalized spacial score (nSPS) is 15.2. The maximum absolute atomic E-state index is 15.1. The summed E-state index contributed by atoms with van der Waals surface area (Å²) < 4.78 is 16.7. The Hall–Kier alpha value is -4.25. The summed E-state index contributed by atoms with van der Waals surface area (Å²) in [5.74, 6) is 0.202. The Bertz CT molecular complexity index is 1530. The zero-order valence-corrected chi connectivity index (χ0v) is 20.2. The molecule has 3 heterocycles. The second-order valence-corrected chi connectivity index (χ2v) is 9.44. The van der Waals surface area contributed by atoms with Crippen LogP contribution in [0, 0.1) is 5.82 Å². The monoisotopic (exact) mass is 500 g/mol. The number of benzene rings is 2. The lowest BCUT2D eigenvalue weighted by Crippen LogP contribution is -2.39. The number of anilines is 2. The first-order valence-electron chi connectivity index (χ1n) is 12.1. The number of hydrogen-bond donors (Lipinski definition) is 2. The highest BCUT2D eigenvalue weighted by molar-refractivity contribution is 6.09. The molecule has 188 valence electrons. The first kappa shape index (κ1) is 23.2. The number of halogens is 1. The largest absolute Gasteiger partial charge is 0.392 e. The molecule has 0 bridgehead atoms. The van der Waals surface area contributed by atoms with Gasteiger partial charge in [0, 0.05) is 24.7 Å². The Morgan fingerprint density at radius 3 is 2.76 bits per heavy atom. The number of hydrogen-bond acceptors (Lipinski definition) is 8. The van der Waals surface area contributed by atoms with Gasteiger partial charge in [-0.1, -0.05) is 23.4 Å². The molecule has 2 aliphatic rings. The topological polar surface area (TPSA) is 136 Å². The van der Waals surface area contributed by atoms with Crippen LogP contribution in [0.2, 0.25) is 0 Å². The molecule has 0 spiro atoms. The predicted molar refractivity (Wildman–Crippen MR) is 133 cm³/mol. The fourth-order valence-corrected chi connectivity index (χ4v) is 4.95. The van der Waals surface area contributed by atoms with Gasteiger partial charge in [-0.05, 0) is 48.4 Å². The van der Waals surface area contributed by atoms with Crippen LogP contribution in [0.25, 0.3) is 11.4 Å². The summed E-state index contributed by atoms with van der Waals surface area (Å²) in [6.45, 7) is -0.00819. The van der Waals surface area contributed by atoms with Crippen molar-refractivity contribution in [3.63, 3.8) is 0 Å². The van der Waals surface area contributed by atoms with Gasteiger partial charge in [-0.2, -0.15) is 9.97 Å². The van der Waals surface area contributed by atoms with E-state index < -0.39 is 11.7 Å². The fraction of sp³-hybridized carbons (Fsp3) is 0.308. The van der Waals surface area contributed by atoms with Gasteiger partial charge >= 0.3 is 0 Å². The van der Waals surface area contributed by atoms with Crippen molar-refractivity contribution in [1.82, 2.24) is 29.9 Å². The Balaban J connectivity index is 1.37. The van der Waals surface area contributed by atoms with Crippen molar-refractivity contribution < 1.29 is 14.3 Å². The molecule has 2 aromatic carbocycles. The lowest BCUT2D eigenvalue weighted by molar-refractivity contribution is 0.0976. The van der Waals surface area contributed by atoms with Crippen molar-refractivity contribution in [2.24, 2.45) is 7.05 Å². The quantitative estimate of drug-likeness (QED) is 0.412. The Labute approximate surface area is 212 Å². The zero-order chi connectivity index (χ0) is 25.7. The summed E-state index contributed by atoms with van der Waals surface area (Å²) in [6, 6.07) is 8.71. The Kier molecular flexibility index (Phi) is 5.64. The number of aromatic nitrogens is 6. The maximum Gasteiger partial charge on any atom is 0.261 e. The molecule has 10 nitrogen and oxygen atoms in total. The van der Waals surface area contributed by atoms with E-state index in [1.165, 1.54) is 11.0 Å². The van der Waals surface area contributed by atoms with Crippen LogP contribution >= 0.6 is 0 Å². The highest BCUT2D eigenvalue weighted by atomic mass is 19.1. The average molecular weight is 501 g/mol. The van der Waals surface area contributed by atoms with Crippen molar-refractivity contribution in [2.75, 3.05) is 17.2 Å². The summed E-state index contributed by atoms with van der Waals surface area (Å²) in [6.07, 6.45) is 4.60. The first-order chi connectivity index (χ1) is 17.9. The number of rotatable bonds is 6. The molecule has 11 heteroatoms. The standard InChI is InChI=1S/C26H25FN8O2/c1-34-17(12-29-33-34)11-22-30-24(32-26(28)31-22)18-3-2-4-21(19(18)13-36)35-8-7-15-9-16(14-5-6-14)10-20(27)23(15)25(35)37/h2-4,9-10,12,14,36H,5-8,11,13H2,1H3,(H2,28,30,31,32). The van der Waals surface area contributed by atoms with Gasteiger partial charge in [-0.25, -0.2) is 9.37 Å². The van der Waals surface area contributed by atoms with Gasteiger partial charge in [0.2, 0.25) is 5.95 Å². The van der Waals surface area contributed by atoms with Crippen molar-refractivity contribution in [3.05, 3.63) is 76.1 Å². The molecule has 1 aliphatic heterocycles. The molecule has 2 aromatic heterocycles. The highest BCUT2D eigenvalue weighted by Crippen LogP contribution is 2.42. The number of nitrogens with two attached hydrogens (primary N) is 1. The minimum absolute atomic E-state index is 0.0286. The molecule has 0 saturated heterocycles. The Morgan fingerprint density at radius 2 is 2.03 bits per heavy atom. The second kappa shape index (κ2) is 9.00. The van der Waals surface area contributed by atoms with Gasteiger partial charge in [0.25, 0.3) is 5.91 Å². The predicted octanol–water partition coefficient (Wildman–Crippen LogP) is 2.55. The molecule has 4 aromatic rings. The van der Waals surface area contributed by atoms with Crippen LogP contribution in [-0.2, 0) is 26.5 Å². The highest BCUT2D eigenvalue weighted by Gasteiger charge is 2.33. The summed E-state index contributed by atoms with van der Waals surface area (Å²) >= 11 is 0. The van der Waals surface area contributed by atoms with Crippen LogP contribution in [-0.4, -0.2) is 47.5 Å². The number of aryl methyl sites for hydroxylation is 1. The van der Waals surface area contributed by atoms with Gasteiger partial charge in [-0.15, -0.1) is 5.10 Å². The minimum Gasteiger partial charge on any atom is -0.392 e.